The van der Waals surface area contributed by atoms with Crippen LogP contribution in [0.2, 0.25) is 0 Å². The number of aryl methyl sites for hydroxylation is 2. The maximum absolute atomic E-state index is 14.0. The van der Waals surface area contributed by atoms with Crippen LogP contribution < -0.4 is 10.2 Å². The number of piperazine rings is 1. The number of anilines is 2. The van der Waals surface area contributed by atoms with E-state index in [0.29, 0.717) is 13.1 Å². The van der Waals surface area contributed by atoms with Crippen molar-refractivity contribution >= 4 is 27.3 Å². The summed E-state index contributed by atoms with van der Waals surface area (Å²) in [6.07, 6.45) is 1.33. The van der Waals surface area contributed by atoms with Gasteiger partial charge in [0.15, 0.2) is 0 Å². The van der Waals surface area contributed by atoms with Crippen molar-refractivity contribution in [3.8, 4) is 0 Å². The molecule has 0 saturated carbocycles. The Hall–Kier alpha value is -3.24. The Bertz CT molecular complexity index is 1300. The average Bonchev–Trinajstić information content (AvgIpc) is 3.20. The van der Waals surface area contributed by atoms with Crippen LogP contribution in [-0.4, -0.2) is 54.6 Å². The highest BCUT2D eigenvalue weighted by atomic mass is 32.2. The summed E-state index contributed by atoms with van der Waals surface area (Å²) in [5.74, 6) is -1.34. The summed E-state index contributed by atoms with van der Waals surface area (Å²) in [5, 5.41) is 6.17. The van der Waals surface area contributed by atoms with Gasteiger partial charge in [0, 0.05) is 45.1 Å². The fourth-order valence-electron chi connectivity index (χ4n) is 3.94. The van der Waals surface area contributed by atoms with Crippen molar-refractivity contribution in [3.63, 3.8) is 0 Å². The van der Waals surface area contributed by atoms with E-state index in [0.717, 1.165) is 5.69 Å². The quantitative estimate of drug-likeness (QED) is 0.618. The number of benzene rings is 2. The Labute approximate surface area is 192 Å². The van der Waals surface area contributed by atoms with Gasteiger partial charge in [0.1, 0.15) is 5.82 Å². The van der Waals surface area contributed by atoms with Crippen LogP contribution in [0.15, 0.2) is 53.7 Å². The number of aromatic nitrogens is 2. The molecule has 0 spiro atoms. The predicted molar refractivity (Wildman–Crippen MR) is 124 cm³/mol. The van der Waals surface area contributed by atoms with Gasteiger partial charge in [0.25, 0.3) is 15.9 Å². The van der Waals surface area contributed by atoms with Crippen molar-refractivity contribution in [1.82, 2.24) is 14.1 Å². The normalized spacial score (nSPS) is 15.0. The van der Waals surface area contributed by atoms with Gasteiger partial charge in [0.2, 0.25) is 5.03 Å². The zero-order chi connectivity index (χ0) is 23.8. The fraction of sp³-hybridized carbons (Fsp3) is 0.304. The monoisotopic (exact) mass is 471 g/mol. The second-order valence-electron chi connectivity index (χ2n) is 8.07. The lowest BCUT2D eigenvalue weighted by Gasteiger charge is -2.36. The molecule has 1 saturated heterocycles. The fourth-order valence-corrected chi connectivity index (χ4v) is 5.48. The summed E-state index contributed by atoms with van der Waals surface area (Å²) < 4.78 is 43.4. The molecule has 2 heterocycles. The highest BCUT2D eigenvalue weighted by molar-refractivity contribution is 7.89. The number of nitrogens with one attached hydrogen (secondary N) is 1. The third kappa shape index (κ3) is 4.49. The topological polar surface area (TPSA) is 87.5 Å². The van der Waals surface area contributed by atoms with E-state index >= 15 is 0 Å². The Morgan fingerprint density at radius 1 is 1.03 bits per heavy atom. The Morgan fingerprint density at radius 3 is 2.42 bits per heavy atom. The van der Waals surface area contributed by atoms with E-state index in [4.69, 9.17) is 0 Å². The number of halogens is 1. The SMILES string of the molecule is Cc1cccc(N2CCN(S(=O)(=O)c3nn(C)cc3C(=O)Nc3ccccc3F)CC2)c1C. The summed E-state index contributed by atoms with van der Waals surface area (Å²) in [6.45, 7) is 5.68. The van der Waals surface area contributed by atoms with Crippen LogP contribution in [0.3, 0.4) is 0 Å². The molecule has 0 unspecified atom stereocenters. The first-order valence-electron chi connectivity index (χ1n) is 10.6. The largest absolute Gasteiger partial charge is 0.369 e. The Morgan fingerprint density at radius 2 is 1.73 bits per heavy atom. The molecule has 0 radical (unpaired) electrons. The van der Waals surface area contributed by atoms with Gasteiger partial charge in [-0.25, -0.2) is 12.8 Å². The molecule has 2 aromatic carbocycles. The zero-order valence-corrected chi connectivity index (χ0v) is 19.6. The lowest BCUT2D eigenvalue weighted by molar-refractivity contribution is 0.102. The van der Waals surface area contributed by atoms with Crippen LogP contribution in [0, 0.1) is 19.7 Å². The number of hydrogen-bond acceptors (Lipinski definition) is 5. The molecule has 174 valence electrons. The summed E-state index contributed by atoms with van der Waals surface area (Å²) in [4.78, 5) is 15.0. The van der Waals surface area contributed by atoms with E-state index in [1.165, 1.54) is 51.6 Å². The molecule has 0 atom stereocenters. The zero-order valence-electron chi connectivity index (χ0n) is 18.7. The van der Waals surface area contributed by atoms with Crippen molar-refractivity contribution in [3.05, 3.63) is 71.2 Å². The lowest BCUT2D eigenvalue weighted by atomic mass is 10.1. The minimum absolute atomic E-state index is 0.0307. The van der Waals surface area contributed by atoms with Crippen molar-refractivity contribution in [2.75, 3.05) is 36.4 Å². The van der Waals surface area contributed by atoms with Gasteiger partial charge in [-0.1, -0.05) is 24.3 Å². The van der Waals surface area contributed by atoms with Gasteiger partial charge in [-0.2, -0.15) is 9.40 Å². The van der Waals surface area contributed by atoms with Gasteiger partial charge in [-0.3, -0.25) is 9.48 Å². The first-order valence-corrected chi connectivity index (χ1v) is 12.0. The van der Waals surface area contributed by atoms with E-state index in [1.807, 2.05) is 12.1 Å². The molecule has 0 bridgehead atoms. The van der Waals surface area contributed by atoms with Gasteiger partial charge >= 0.3 is 0 Å². The molecule has 1 aromatic heterocycles. The molecule has 8 nitrogen and oxygen atoms in total. The second-order valence-corrected chi connectivity index (χ2v) is 9.92. The molecule has 0 aliphatic carbocycles. The smallest absolute Gasteiger partial charge is 0.263 e. The molecule has 1 fully saturated rings. The number of rotatable bonds is 5. The molecule has 1 N–H and O–H groups in total. The van der Waals surface area contributed by atoms with E-state index in [9.17, 15) is 17.6 Å². The second kappa shape index (κ2) is 8.95. The van der Waals surface area contributed by atoms with E-state index < -0.39 is 21.7 Å². The number of carbonyl (C=O) groups is 1. The number of sulfonamides is 1. The van der Waals surface area contributed by atoms with Crippen LogP contribution in [-0.2, 0) is 17.1 Å². The molecule has 1 aliphatic rings. The van der Waals surface area contributed by atoms with Gasteiger partial charge in [0.05, 0.1) is 11.3 Å². The predicted octanol–water partition coefficient (Wildman–Crippen LogP) is 2.94. The number of amides is 1. The number of nitrogens with zero attached hydrogens (tertiary/aromatic N) is 4. The van der Waals surface area contributed by atoms with Crippen LogP contribution in [0.1, 0.15) is 21.5 Å². The standard InChI is InChI=1S/C23H26FN5O3S/c1-16-7-6-10-21(17(16)2)28-11-13-29(14-12-28)33(31,32)23-18(15-27(3)26-23)22(30)25-20-9-5-4-8-19(20)24/h4-10,15H,11-14H2,1-3H3,(H,25,30). The molecule has 1 amide bonds. The third-order valence-electron chi connectivity index (χ3n) is 5.90. The van der Waals surface area contributed by atoms with Crippen molar-refractivity contribution in [2.24, 2.45) is 7.05 Å². The molecule has 10 heteroatoms. The Kier molecular flexibility index (Phi) is 6.22. The number of carbonyl (C=O) groups excluding carboxylic acids is 1. The summed E-state index contributed by atoms with van der Waals surface area (Å²) in [7, 11) is -2.48. The van der Waals surface area contributed by atoms with Crippen molar-refractivity contribution < 1.29 is 17.6 Å². The number of hydrogen-bond donors (Lipinski definition) is 1. The third-order valence-corrected chi connectivity index (χ3v) is 7.74. The summed E-state index contributed by atoms with van der Waals surface area (Å²) >= 11 is 0. The van der Waals surface area contributed by atoms with Crippen molar-refractivity contribution in [1.29, 1.82) is 0 Å². The highest BCUT2D eigenvalue weighted by Gasteiger charge is 2.35. The highest BCUT2D eigenvalue weighted by Crippen LogP contribution is 2.26. The van der Waals surface area contributed by atoms with E-state index in [-0.39, 0.29) is 29.4 Å². The first kappa shape index (κ1) is 22.9. The Balaban J connectivity index is 1.54. The van der Waals surface area contributed by atoms with Gasteiger partial charge in [-0.15, -0.1) is 0 Å². The van der Waals surface area contributed by atoms with Crippen LogP contribution in [0.4, 0.5) is 15.8 Å². The van der Waals surface area contributed by atoms with E-state index in [1.54, 1.807) is 6.07 Å². The average molecular weight is 472 g/mol. The van der Waals surface area contributed by atoms with Gasteiger partial charge in [-0.05, 0) is 43.2 Å². The molecular weight excluding hydrogens is 445 g/mol. The lowest BCUT2D eigenvalue weighted by Crippen LogP contribution is -2.49. The minimum Gasteiger partial charge on any atom is -0.369 e. The van der Waals surface area contributed by atoms with Crippen LogP contribution in [0.5, 0.6) is 0 Å². The van der Waals surface area contributed by atoms with Gasteiger partial charge < -0.3 is 10.2 Å². The minimum atomic E-state index is -4.02. The maximum atomic E-state index is 14.0. The summed E-state index contributed by atoms with van der Waals surface area (Å²) in [6, 6.07) is 11.8. The van der Waals surface area contributed by atoms with Crippen LogP contribution in [0.25, 0.3) is 0 Å². The van der Waals surface area contributed by atoms with Crippen LogP contribution >= 0.6 is 0 Å². The number of para-hydroxylation sites is 1. The molecule has 1 aliphatic heterocycles. The summed E-state index contributed by atoms with van der Waals surface area (Å²) in [5.41, 5.74) is 3.29. The first-order chi connectivity index (χ1) is 15.7. The molecular formula is C23H26FN5O3S. The maximum Gasteiger partial charge on any atom is 0.263 e. The molecule has 4 rings (SSSR count). The van der Waals surface area contributed by atoms with E-state index in [2.05, 4.69) is 35.2 Å². The molecule has 3 aromatic rings. The molecule has 33 heavy (non-hydrogen) atoms. The van der Waals surface area contributed by atoms with Crippen molar-refractivity contribution in [2.45, 2.75) is 18.9 Å².